The van der Waals surface area contributed by atoms with Crippen LogP contribution in [0.15, 0.2) is 12.1 Å². The highest BCUT2D eigenvalue weighted by Gasteiger charge is 1.98. The summed E-state index contributed by atoms with van der Waals surface area (Å²) in [6.45, 7) is 1.70. The number of hydrogen-bond donors (Lipinski definition) is 0. The van der Waals surface area contributed by atoms with Gasteiger partial charge in [-0.05, 0) is 19.1 Å². The molecule has 0 aromatic carbocycles. The quantitative estimate of drug-likeness (QED) is 0.557. The van der Waals surface area contributed by atoms with E-state index in [9.17, 15) is 4.79 Å². The lowest BCUT2D eigenvalue weighted by Crippen LogP contribution is -1.92. The third kappa shape index (κ3) is 1.41. The van der Waals surface area contributed by atoms with Gasteiger partial charge in [0.1, 0.15) is 11.8 Å². The summed E-state index contributed by atoms with van der Waals surface area (Å²) in [7, 11) is 0. The Balaban J connectivity index is 3.22. The van der Waals surface area contributed by atoms with Crippen LogP contribution in [0.5, 0.6) is 0 Å². The SMILES string of the molecule is Cc1nc(C=O)ccc1C#N. The zero-order chi connectivity index (χ0) is 8.27. The van der Waals surface area contributed by atoms with Crippen LogP contribution in [0.25, 0.3) is 0 Å². The summed E-state index contributed by atoms with van der Waals surface area (Å²) in [4.78, 5) is 14.1. The molecule has 0 saturated carbocycles. The van der Waals surface area contributed by atoms with E-state index in [1.165, 1.54) is 6.07 Å². The Hall–Kier alpha value is -1.69. The third-order valence-corrected chi connectivity index (χ3v) is 1.35. The Morgan fingerprint density at radius 1 is 1.64 bits per heavy atom. The number of carbonyl (C=O) groups excluding carboxylic acids is 1. The van der Waals surface area contributed by atoms with Crippen LogP contribution in [0.1, 0.15) is 21.7 Å². The van der Waals surface area contributed by atoms with Gasteiger partial charge in [0.05, 0.1) is 11.3 Å². The van der Waals surface area contributed by atoms with E-state index in [1.54, 1.807) is 13.0 Å². The fourth-order valence-corrected chi connectivity index (χ4v) is 0.764. The van der Waals surface area contributed by atoms with E-state index in [0.717, 1.165) is 0 Å². The minimum absolute atomic E-state index is 0.363. The Morgan fingerprint density at radius 2 is 2.36 bits per heavy atom. The van der Waals surface area contributed by atoms with Crippen molar-refractivity contribution in [2.24, 2.45) is 0 Å². The molecular weight excluding hydrogens is 140 g/mol. The van der Waals surface area contributed by atoms with Crippen molar-refractivity contribution in [3.8, 4) is 6.07 Å². The molecule has 3 heteroatoms. The largest absolute Gasteiger partial charge is 0.296 e. The highest BCUT2D eigenvalue weighted by Crippen LogP contribution is 2.03. The predicted molar refractivity (Wildman–Crippen MR) is 39.1 cm³/mol. The number of nitrogens with zero attached hydrogens (tertiary/aromatic N) is 2. The van der Waals surface area contributed by atoms with Gasteiger partial charge in [0.25, 0.3) is 0 Å². The minimum Gasteiger partial charge on any atom is -0.296 e. The number of rotatable bonds is 1. The summed E-state index contributed by atoms with van der Waals surface area (Å²) in [5.74, 6) is 0. The molecule has 1 heterocycles. The van der Waals surface area contributed by atoms with Crippen LogP contribution in [0, 0.1) is 18.3 Å². The second-order valence-electron chi connectivity index (χ2n) is 2.10. The molecule has 0 aliphatic carbocycles. The van der Waals surface area contributed by atoms with Gasteiger partial charge >= 0.3 is 0 Å². The fraction of sp³-hybridized carbons (Fsp3) is 0.125. The standard InChI is InChI=1S/C8H6N2O/c1-6-7(4-9)2-3-8(5-11)10-6/h2-3,5H,1H3. The first-order valence-electron chi connectivity index (χ1n) is 3.11. The zero-order valence-corrected chi connectivity index (χ0v) is 6.03. The molecule has 1 aromatic heterocycles. The minimum atomic E-state index is 0.363. The Kier molecular flexibility index (Phi) is 1.98. The number of aldehydes is 1. The summed E-state index contributed by atoms with van der Waals surface area (Å²) < 4.78 is 0. The lowest BCUT2D eigenvalue weighted by Gasteiger charge is -1.94. The summed E-state index contributed by atoms with van der Waals surface area (Å²) >= 11 is 0. The topological polar surface area (TPSA) is 53.8 Å². The molecule has 0 bridgehead atoms. The van der Waals surface area contributed by atoms with Crippen molar-refractivity contribution in [3.05, 3.63) is 29.1 Å². The zero-order valence-electron chi connectivity index (χ0n) is 6.03. The average Bonchev–Trinajstić information content (AvgIpc) is 2.04. The van der Waals surface area contributed by atoms with E-state index in [-0.39, 0.29) is 0 Å². The van der Waals surface area contributed by atoms with Crippen LogP contribution in [0.2, 0.25) is 0 Å². The first kappa shape index (κ1) is 7.42. The molecule has 0 aliphatic rings. The maximum atomic E-state index is 10.2. The number of pyridine rings is 1. The predicted octanol–water partition coefficient (Wildman–Crippen LogP) is 1.07. The molecule has 0 spiro atoms. The van der Waals surface area contributed by atoms with Gasteiger partial charge in [0.15, 0.2) is 6.29 Å². The molecule has 0 aliphatic heterocycles. The summed E-state index contributed by atoms with van der Waals surface area (Å²) in [5.41, 5.74) is 1.47. The monoisotopic (exact) mass is 146 g/mol. The Morgan fingerprint density at radius 3 is 2.82 bits per heavy atom. The van der Waals surface area contributed by atoms with Crippen molar-refractivity contribution < 1.29 is 4.79 Å². The normalized spacial score (nSPS) is 8.73. The molecule has 0 unspecified atom stereocenters. The van der Waals surface area contributed by atoms with E-state index >= 15 is 0 Å². The highest BCUT2D eigenvalue weighted by molar-refractivity contribution is 5.71. The second kappa shape index (κ2) is 2.93. The molecule has 54 valence electrons. The van der Waals surface area contributed by atoms with Gasteiger partial charge in [0, 0.05) is 0 Å². The van der Waals surface area contributed by atoms with Crippen LogP contribution in [0.3, 0.4) is 0 Å². The molecular formula is C8H6N2O. The molecule has 0 amide bonds. The van der Waals surface area contributed by atoms with Gasteiger partial charge in [-0.25, -0.2) is 4.98 Å². The van der Waals surface area contributed by atoms with Crippen LogP contribution in [-0.4, -0.2) is 11.3 Å². The molecule has 0 radical (unpaired) electrons. The van der Waals surface area contributed by atoms with Crippen LogP contribution in [-0.2, 0) is 0 Å². The Bertz CT molecular complexity index is 325. The fourth-order valence-electron chi connectivity index (χ4n) is 0.764. The van der Waals surface area contributed by atoms with E-state index < -0.39 is 0 Å². The number of carbonyl (C=O) groups is 1. The van der Waals surface area contributed by atoms with Gasteiger partial charge in [-0.1, -0.05) is 0 Å². The van der Waals surface area contributed by atoms with Gasteiger partial charge in [-0.2, -0.15) is 5.26 Å². The van der Waals surface area contributed by atoms with E-state index in [0.29, 0.717) is 23.2 Å². The van der Waals surface area contributed by atoms with Gasteiger partial charge in [-0.15, -0.1) is 0 Å². The van der Waals surface area contributed by atoms with Crippen LogP contribution >= 0.6 is 0 Å². The number of hydrogen-bond acceptors (Lipinski definition) is 3. The highest BCUT2D eigenvalue weighted by atomic mass is 16.1. The smallest absolute Gasteiger partial charge is 0.168 e. The molecule has 1 rings (SSSR count). The molecule has 1 aromatic rings. The summed E-state index contributed by atoms with van der Waals surface area (Å²) in [6.07, 6.45) is 0.661. The van der Waals surface area contributed by atoms with Crippen molar-refractivity contribution >= 4 is 6.29 Å². The second-order valence-corrected chi connectivity index (χ2v) is 2.10. The average molecular weight is 146 g/mol. The molecule has 3 nitrogen and oxygen atoms in total. The lowest BCUT2D eigenvalue weighted by atomic mass is 10.2. The lowest BCUT2D eigenvalue weighted by molar-refractivity contribution is 0.111. The number of aromatic nitrogens is 1. The van der Waals surface area contributed by atoms with E-state index in [1.807, 2.05) is 6.07 Å². The molecule has 11 heavy (non-hydrogen) atoms. The van der Waals surface area contributed by atoms with Crippen molar-refractivity contribution in [1.82, 2.24) is 4.98 Å². The third-order valence-electron chi connectivity index (χ3n) is 1.35. The maximum Gasteiger partial charge on any atom is 0.168 e. The van der Waals surface area contributed by atoms with E-state index in [2.05, 4.69) is 4.98 Å². The summed E-state index contributed by atoms with van der Waals surface area (Å²) in [5, 5.41) is 8.50. The van der Waals surface area contributed by atoms with Gasteiger partial charge < -0.3 is 0 Å². The summed E-state index contributed by atoms with van der Waals surface area (Å²) in [6, 6.07) is 5.08. The van der Waals surface area contributed by atoms with Crippen molar-refractivity contribution in [3.63, 3.8) is 0 Å². The molecule has 0 saturated heterocycles. The maximum absolute atomic E-state index is 10.2. The van der Waals surface area contributed by atoms with Gasteiger partial charge in [-0.3, -0.25) is 4.79 Å². The van der Waals surface area contributed by atoms with Gasteiger partial charge in [0.2, 0.25) is 0 Å². The van der Waals surface area contributed by atoms with E-state index in [4.69, 9.17) is 5.26 Å². The van der Waals surface area contributed by atoms with Crippen molar-refractivity contribution in [2.75, 3.05) is 0 Å². The molecule has 0 fully saturated rings. The molecule has 0 N–H and O–H groups in total. The first-order valence-corrected chi connectivity index (χ1v) is 3.11. The van der Waals surface area contributed by atoms with Crippen LogP contribution in [0.4, 0.5) is 0 Å². The number of nitriles is 1. The van der Waals surface area contributed by atoms with Crippen molar-refractivity contribution in [2.45, 2.75) is 6.92 Å². The Labute approximate surface area is 64.3 Å². The first-order chi connectivity index (χ1) is 5.27. The van der Waals surface area contributed by atoms with Crippen molar-refractivity contribution in [1.29, 1.82) is 5.26 Å². The van der Waals surface area contributed by atoms with Crippen LogP contribution < -0.4 is 0 Å². The number of aryl methyl sites for hydroxylation is 1. The molecule has 0 atom stereocenters.